The number of hydrogen-bond donors (Lipinski definition) is 1. The number of carbonyl (C=O) groups is 1. The molecule has 1 aliphatic rings. The minimum Gasteiger partial charge on any atom is -0.495 e. The van der Waals surface area contributed by atoms with E-state index in [2.05, 4.69) is 20.8 Å². The predicted octanol–water partition coefficient (Wildman–Crippen LogP) is 0.873. The first-order valence-corrected chi connectivity index (χ1v) is 11.3. The Bertz CT molecular complexity index is 1180. The third kappa shape index (κ3) is 4.77. The molecule has 12 heteroatoms. The van der Waals surface area contributed by atoms with Gasteiger partial charge < -0.3 is 14.8 Å². The molecule has 0 aliphatic carbocycles. The van der Waals surface area contributed by atoms with Crippen molar-refractivity contribution in [3.63, 3.8) is 0 Å². The molecule has 2 heterocycles. The van der Waals surface area contributed by atoms with Crippen LogP contribution in [0.3, 0.4) is 0 Å². The molecule has 1 saturated heterocycles. The maximum atomic E-state index is 13.1. The Morgan fingerprint density at radius 2 is 1.91 bits per heavy atom. The molecule has 11 nitrogen and oxygen atoms in total. The molecule has 3 aromatic rings. The van der Waals surface area contributed by atoms with Gasteiger partial charge in [0.25, 0.3) is 0 Å². The number of amides is 1. The zero-order valence-corrected chi connectivity index (χ0v) is 18.2. The van der Waals surface area contributed by atoms with Crippen LogP contribution in [-0.2, 0) is 26.0 Å². The molecule has 2 aromatic carbocycles. The highest BCUT2D eigenvalue weighted by Crippen LogP contribution is 2.30. The van der Waals surface area contributed by atoms with E-state index in [1.165, 1.54) is 34.6 Å². The van der Waals surface area contributed by atoms with Gasteiger partial charge in [0, 0.05) is 18.8 Å². The second-order valence-electron chi connectivity index (χ2n) is 7.03. The molecular formula is C20H22N6O5S. The van der Waals surface area contributed by atoms with Crippen molar-refractivity contribution in [1.82, 2.24) is 24.5 Å². The summed E-state index contributed by atoms with van der Waals surface area (Å²) in [5.74, 6) is -0.0623. The summed E-state index contributed by atoms with van der Waals surface area (Å²) in [5.41, 5.74) is 1.93. The number of nitrogens with one attached hydrogen (secondary N) is 1. The summed E-state index contributed by atoms with van der Waals surface area (Å²) in [7, 11) is -2.38. The van der Waals surface area contributed by atoms with E-state index in [-0.39, 0.29) is 36.1 Å². The zero-order valence-electron chi connectivity index (χ0n) is 17.3. The molecule has 1 aromatic heterocycles. The van der Waals surface area contributed by atoms with E-state index in [0.29, 0.717) is 18.9 Å². The Balaban J connectivity index is 1.48. The van der Waals surface area contributed by atoms with Crippen LogP contribution in [0.15, 0.2) is 53.7 Å². The molecule has 0 saturated carbocycles. The van der Waals surface area contributed by atoms with Crippen LogP contribution in [0.1, 0.15) is 5.56 Å². The lowest BCUT2D eigenvalue weighted by Gasteiger charge is -2.26. The van der Waals surface area contributed by atoms with Gasteiger partial charge in [0.1, 0.15) is 17.0 Å². The smallest absolute Gasteiger partial charge is 0.246 e. The Morgan fingerprint density at radius 3 is 2.56 bits per heavy atom. The molecule has 1 aliphatic heterocycles. The van der Waals surface area contributed by atoms with E-state index in [9.17, 15) is 13.2 Å². The summed E-state index contributed by atoms with van der Waals surface area (Å²) in [6, 6.07) is 11.8. The predicted molar refractivity (Wildman–Crippen MR) is 114 cm³/mol. The zero-order chi connectivity index (χ0) is 22.6. The number of anilines is 1. The van der Waals surface area contributed by atoms with E-state index in [0.717, 1.165) is 11.3 Å². The number of rotatable bonds is 7. The maximum absolute atomic E-state index is 13.1. The molecule has 0 bridgehead atoms. The SMILES string of the molecule is COc1ccc(NC(=O)Cc2ccc(-n3cnnn3)cc2)cc1S(=O)(=O)N1CCOCC1. The van der Waals surface area contributed by atoms with Gasteiger partial charge >= 0.3 is 0 Å². The quantitative estimate of drug-likeness (QED) is 0.552. The van der Waals surface area contributed by atoms with Crippen molar-refractivity contribution in [1.29, 1.82) is 0 Å². The highest BCUT2D eigenvalue weighted by atomic mass is 32.2. The number of ether oxygens (including phenoxy) is 2. The van der Waals surface area contributed by atoms with Crippen molar-refractivity contribution >= 4 is 21.6 Å². The second-order valence-corrected chi connectivity index (χ2v) is 8.93. The number of sulfonamides is 1. The lowest BCUT2D eigenvalue weighted by molar-refractivity contribution is -0.115. The van der Waals surface area contributed by atoms with Crippen molar-refractivity contribution in [3.05, 3.63) is 54.4 Å². The Kier molecular flexibility index (Phi) is 6.44. The van der Waals surface area contributed by atoms with Crippen molar-refractivity contribution in [3.8, 4) is 11.4 Å². The lowest BCUT2D eigenvalue weighted by atomic mass is 10.1. The fourth-order valence-corrected chi connectivity index (χ4v) is 4.91. The molecule has 4 rings (SSSR count). The van der Waals surface area contributed by atoms with Crippen molar-refractivity contribution < 1.29 is 22.7 Å². The Labute approximate surface area is 185 Å². The first-order valence-electron chi connectivity index (χ1n) is 9.85. The van der Waals surface area contributed by atoms with Crippen LogP contribution in [0.4, 0.5) is 5.69 Å². The summed E-state index contributed by atoms with van der Waals surface area (Å²) in [6.07, 6.45) is 1.60. The van der Waals surface area contributed by atoms with Crippen LogP contribution < -0.4 is 10.1 Å². The number of methoxy groups -OCH3 is 1. The third-order valence-electron chi connectivity index (χ3n) is 4.95. The monoisotopic (exact) mass is 458 g/mol. The summed E-state index contributed by atoms with van der Waals surface area (Å²) < 4.78 is 39.5. The Hall–Kier alpha value is -3.35. The topological polar surface area (TPSA) is 129 Å². The highest BCUT2D eigenvalue weighted by Gasteiger charge is 2.29. The average Bonchev–Trinajstić information content (AvgIpc) is 3.35. The molecule has 0 spiro atoms. The molecular weight excluding hydrogens is 436 g/mol. The maximum Gasteiger partial charge on any atom is 0.246 e. The second kappa shape index (κ2) is 9.42. The minimum atomic E-state index is -3.79. The van der Waals surface area contributed by atoms with Gasteiger partial charge in [0.05, 0.1) is 32.4 Å². The molecule has 168 valence electrons. The number of tetrazole rings is 1. The molecule has 1 amide bonds. The fraction of sp³-hybridized carbons (Fsp3) is 0.300. The summed E-state index contributed by atoms with van der Waals surface area (Å²) >= 11 is 0. The van der Waals surface area contributed by atoms with Gasteiger partial charge in [-0.1, -0.05) is 12.1 Å². The Morgan fingerprint density at radius 1 is 1.16 bits per heavy atom. The molecule has 32 heavy (non-hydrogen) atoms. The van der Waals surface area contributed by atoms with Crippen LogP contribution in [-0.4, -0.2) is 72.3 Å². The number of hydrogen-bond acceptors (Lipinski definition) is 8. The lowest BCUT2D eigenvalue weighted by Crippen LogP contribution is -2.40. The van der Waals surface area contributed by atoms with E-state index in [1.807, 2.05) is 0 Å². The average molecular weight is 459 g/mol. The number of aromatic nitrogens is 4. The van der Waals surface area contributed by atoms with Gasteiger partial charge in [-0.15, -0.1) is 5.10 Å². The summed E-state index contributed by atoms with van der Waals surface area (Å²) in [5, 5.41) is 13.8. The standard InChI is InChI=1S/C20H22N6O5S/c1-30-18-7-4-16(13-19(18)32(28,29)25-8-10-31-11-9-25)22-20(27)12-15-2-5-17(6-3-15)26-14-21-23-24-26/h2-7,13-14H,8-12H2,1H3,(H,22,27). The first kappa shape index (κ1) is 21.9. The van der Waals surface area contributed by atoms with Gasteiger partial charge in [-0.25, -0.2) is 13.1 Å². The number of morpholine rings is 1. The van der Waals surface area contributed by atoms with E-state index in [4.69, 9.17) is 9.47 Å². The van der Waals surface area contributed by atoms with Crippen LogP contribution >= 0.6 is 0 Å². The summed E-state index contributed by atoms with van der Waals surface area (Å²) in [4.78, 5) is 12.6. The summed E-state index contributed by atoms with van der Waals surface area (Å²) in [6.45, 7) is 1.21. The van der Waals surface area contributed by atoms with E-state index in [1.54, 1.807) is 30.3 Å². The van der Waals surface area contributed by atoms with Crippen LogP contribution in [0.25, 0.3) is 5.69 Å². The van der Waals surface area contributed by atoms with Crippen molar-refractivity contribution in [2.45, 2.75) is 11.3 Å². The van der Waals surface area contributed by atoms with Crippen LogP contribution in [0.2, 0.25) is 0 Å². The highest BCUT2D eigenvalue weighted by molar-refractivity contribution is 7.89. The molecule has 0 unspecified atom stereocenters. The van der Waals surface area contributed by atoms with E-state index < -0.39 is 10.0 Å². The molecule has 1 N–H and O–H groups in total. The van der Waals surface area contributed by atoms with Gasteiger partial charge in [-0.3, -0.25) is 4.79 Å². The van der Waals surface area contributed by atoms with Gasteiger partial charge in [0.15, 0.2) is 0 Å². The number of carbonyl (C=O) groups excluding carboxylic acids is 1. The van der Waals surface area contributed by atoms with Crippen LogP contribution in [0.5, 0.6) is 5.75 Å². The third-order valence-corrected chi connectivity index (χ3v) is 6.87. The molecule has 1 fully saturated rings. The van der Waals surface area contributed by atoms with Gasteiger partial charge in [-0.05, 0) is 46.3 Å². The molecule has 0 atom stereocenters. The van der Waals surface area contributed by atoms with Crippen molar-refractivity contribution in [2.75, 3.05) is 38.7 Å². The first-order chi connectivity index (χ1) is 15.5. The van der Waals surface area contributed by atoms with Gasteiger partial charge in [-0.2, -0.15) is 4.31 Å². The van der Waals surface area contributed by atoms with Crippen molar-refractivity contribution in [2.24, 2.45) is 0 Å². The largest absolute Gasteiger partial charge is 0.495 e. The van der Waals surface area contributed by atoms with E-state index >= 15 is 0 Å². The normalized spacial score (nSPS) is 14.8. The van der Waals surface area contributed by atoms with Gasteiger partial charge in [0.2, 0.25) is 15.9 Å². The minimum absolute atomic E-state index is 0.00509. The number of nitrogens with zero attached hydrogens (tertiary/aromatic N) is 5. The fourth-order valence-electron chi connectivity index (χ4n) is 3.32. The van der Waals surface area contributed by atoms with Crippen LogP contribution in [0, 0.1) is 0 Å². The molecule has 0 radical (unpaired) electrons. The number of benzene rings is 2.